The Balaban J connectivity index is 1.52. The molecule has 2 unspecified atom stereocenters. The van der Waals surface area contributed by atoms with Crippen LogP contribution in [0.4, 0.5) is 5.69 Å². The third-order valence-corrected chi connectivity index (χ3v) is 13.7. The summed E-state index contributed by atoms with van der Waals surface area (Å²) in [6.45, 7) is 13.0. The molecule has 1 N–H and O–H groups in total. The van der Waals surface area contributed by atoms with E-state index in [-0.39, 0.29) is 16.9 Å². The topological polar surface area (TPSA) is 99.9 Å². The molecule has 0 radical (unpaired) electrons. The molecule has 3 aliphatic heterocycles. The van der Waals surface area contributed by atoms with Gasteiger partial charge in [-0.1, -0.05) is 45.0 Å². The molecule has 2 amide bonds. The highest BCUT2D eigenvalue weighted by Crippen LogP contribution is 2.62. The number of hydrogen-bond acceptors (Lipinski definition) is 6. The van der Waals surface area contributed by atoms with Crippen molar-refractivity contribution in [1.82, 2.24) is 0 Å². The van der Waals surface area contributed by atoms with Crippen LogP contribution in [0.3, 0.4) is 0 Å². The number of hydrogen-bond donors (Lipinski definition) is 1. The van der Waals surface area contributed by atoms with Gasteiger partial charge in [0.25, 0.3) is 0 Å². The van der Waals surface area contributed by atoms with Crippen LogP contribution in [0.15, 0.2) is 36.4 Å². The minimum Gasteiger partial charge on any atom is -0.417 e. The fraction of sp³-hybridized carbons (Fsp3) is 0.536. The summed E-state index contributed by atoms with van der Waals surface area (Å²) in [7, 11) is -2.02. The van der Waals surface area contributed by atoms with Gasteiger partial charge in [-0.3, -0.25) is 9.59 Å². The Morgan fingerprint density at radius 1 is 1.14 bits per heavy atom. The molecule has 2 aromatic rings. The maximum atomic E-state index is 14.0. The number of nitriles is 1. The van der Waals surface area contributed by atoms with Gasteiger partial charge in [-0.25, -0.2) is 4.90 Å². The van der Waals surface area contributed by atoms with E-state index >= 15 is 0 Å². The molecule has 0 aliphatic carbocycles. The van der Waals surface area contributed by atoms with Crippen LogP contribution in [-0.4, -0.2) is 49.2 Å². The molecule has 3 aliphatic rings. The Bertz CT molecular complexity index is 1310. The van der Waals surface area contributed by atoms with Crippen molar-refractivity contribution in [2.24, 2.45) is 11.8 Å². The summed E-state index contributed by atoms with van der Waals surface area (Å²) in [4.78, 5) is 29.1. The summed E-state index contributed by atoms with van der Waals surface area (Å²) in [5, 5.41) is 22.0. The second kappa shape index (κ2) is 7.96. The Morgan fingerprint density at radius 3 is 2.42 bits per heavy atom. The van der Waals surface area contributed by atoms with E-state index in [1.165, 1.54) is 4.90 Å². The highest BCUT2D eigenvalue weighted by atomic mass is 28.4. The number of carbonyl (C=O) groups is 2. The van der Waals surface area contributed by atoms with Gasteiger partial charge in [0.2, 0.25) is 11.8 Å². The van der Waals surface area contributed by atoms with E-state index in [0.717, 1.165) is 0 Å². The highest BCUT2D eigenvalue weighted by molar-refractivity contribution is 6.74. The van der Waals surface area contributed by atoms with Crippen molar-refractivity contribution < 1.29 is 23.9 Å². The molecule has 3 saturated heterocycles. The van der Waals surface area contributed by atoms with Crippen LogP contribution in [0, 0.1) is 23.2 Å². The maximum Gasteiger partial charge on any atom is 0.240 e. The molecule has 2 aromatic carbocycles. The van der Waals surface area contributed by atoms with E-state index < -0.39 is 37.5 Å². The molecule has 36 heavy (non-hydrogen) atoms. The van der Waals surface area contributed by atoms with Gasteiger partial charge in [0.05, 0.1) is 40.9 Å². The molecule has 3 heterocycles. The van der Waals surface area contributed by atoms with Gasteiger partial charge in [0.15, 0.2) is 8.32 Å². The predicted molar refractivity (Wildman–Crippen MR) is 139 cm³/mol. The number of fused-ring (bicyclic) bond motifs is 6. The average Bonchev–Trinajstić information content (AvgIpc) is 3.33. The van der Waals surface area contributed by atoms with Gasteiger partial charge in [-0.2, -0.15) is 5.26 Å². The second-order valence-electron chi connectivity index (χ2n) is 12.2. The fourth-order valence-electron chi connectivity index (χ4n) is 6.13. The molecule has 190 valence electrons. The normalized spacial score (nSPS) is 31.8. The molecule has 5 rings (SSSR count). The number of carbonyl (C=O) groups excluding carboxylic acids is 2. The number of benzene rings is 2. The van der Waals surface area contributed by atoms with Crippen LogP contribution in [0.25, 0.3) is 10.8 Å². The van der Waals surface area contributed by atoms with E-state index in [1.807, 2.05) is 24.3 Å². The van der Waals surface area contributed by atoms with E-state index in [1.54, 1.807) is 19.1 Å². The second-order valence-corrected chi connectivity index (χ2v) is 17.0. The largest absolute Gasteiger partial charge is 0.417 e. The third-order valence-electron chi connectivity index (χ3n) is 9.17. The maximum absolute atomic E-state index is 14.0. The zero-order valence-electron chi connectivity index (χ0n) is 21.8. The highest BCUT2D eigenvalue weighted by Gasteiger charge is 2.77. The summed E-state index contributed by atoms with van der Waals surface area (Å²) < 4.78 is 12.9. The van der Waals surface area contributed by atoms with Crippen LogP contribution >= 0.6 is 0 Å². The minimum atomic E-state index is -2.02. The Hall–Kier alpha value is -2.57. The molecule has 0 saturated carbocycles. The lowest BCUT2D eigenvalue weighted by atomic mass is 9.66. The number of aliphatic hydroxyl groups is 1. The number of anilines is 1. The lowest BCUT2D eigenvalue weighted by Gasteiger charge is -2.38. The number of amides is 2. The van der Waals surface area contributed by atoms with Crippen LogP contribution in [0.2, 0.25) is 18.1 Å². The molecule has 5 atom stereocenters. The van der Waals surface area contributed by atoms with Gasteiger partial charge in [-0.05, 0) is 43.6 Å². The number of nitrogens with zero attached hydrogens (tertiary/aromatic N) is 2. The van der Waals surface area contributed by atoms with Gasteiger partial charge < -0.3 is 14.3 Å². The van der Waals surface area contributed by atoms with Gasteiger partial charge in [-0.15, -0.1) is 0 Å². The van der Waals surface area contributed by atoms with Gasteiger partial charge in [0, 0.05) is 23.8 Å². The molecule has 7 nitrogen and oxygen atoms in total. The number of ether oxygens (including phenoxy) is 1. The summed E-state index contributed by atoms with van der Waals surface area (Å²) in [5.74, 6) is -2.11. The van der Waals surface area contributed by atoms with Crippen molar-refractivity contribution in [3.63, 3.8) is 0 Å². The standard InChI is InChI=1S/C28H34N2O5Si/c1-26(2,3)36(5,6)34-14-13-28-15-21(31)27(4,35-28)22-23(28)25(33)30(24(22)32)20-12-11-17(16-29)18-9-7-8-10-19(18)20/h7-12,21-23,31H,13-15H2,1-6H3/t21-,22-,23+,27?,28?/m0/s1. The van der Waals surface area contributed by atoms with Crippen molar-refractivity contribution >= 4 is 36.6 Å². The van der Waals surface area contributed by atoms with Gasteiger partial charge >= 0.3 is 0 Å². The Morgan fingerprint density at radius 2 is 1.78 bits per heavy atom. The van der Waals surface area contributed by atoms with Crippen molar-refractivity contribution in [2.45, 2.75) is 76.0 Å². The first-order valence-corrected chi connectivity index (χ1v) is 15.5. The molecule has 0 spiro atoms. The van der Waals surface area contributed by atoms with E-state index in [0.29, 0.717) is 41.5 Å². The summed E-state index contributed by atoms with van der Waals surface area (Å²) in [6, 6.07) is 12.8. The average molecular weight is 507 g/mol. The lowest BCUT2D eigenvalue weighted by Crippen LogP contribution is -2.50. The van der Waals surface area contributed by atoms with Crippen LogP contribution in [0.5, 0.6) is 0 Å². The fourth-order valence-corrected chi connectivity index (χ4v) is 7.18. The summed E-state index contributed by atoms with van der Waals surface area (Å²) in [6.07, 6.45) is -0.109. The lowest BCUT2D eigenvalue weighted by molar-refractivity contribution is -0.134. The van der Waals surface area contributed by atoms with Crippen molar-refractivity contribution in [3.8, 4) is 6.07 Å². The van der Waals surface area contributed by atoms with Crippen molar-refractivity contribution in [2.75, 3.05) is 11.5 Å². The quantitative estimate of drug-likeness (QED) is 0.473. The molecule has 0 aromatic heterocycles. The van der Waals surface area contributed by atoms with Crippen molar-refractivity contribution in [3.05, 3.63) is 42.0 Å². The summed E-state index contributed by atoms with van der Waals surface area (Å²) in [5.41, 5.74) is -1.13. The Labute approximate surface area is 213 Å². The summed E-state index contributed by atoms with van der Waals surface area (Å²) >= 11 is 0. The van der Waals surface area contributed by atoms with Crippen molar-refractivity contribution in [1.29, 1.82) is 5.26 Å². The number of rotatable bonds is 5. The number of aliphatic hydroxyl groups excluding tert-OH is 1. The molecular weight excluding hydrogens is 472 g/mol. The first-order chi connectivity index (χ1) is 16.8. The molecule has 8 heteroatoms. The van der Waals surface area contributed by atoms with Crippen LogP contribution in [0.1, 0.15) is 46.1 Å². The minimum absolute atomic E-state index is 0.0417. The molecule has 2 bridgehead atoms. The zero-order valence-corrected chi connectivity index (χ0v) is 22.8. The first-order valence-electron chi connectivity index (χ1n) is 12.6. The van der Waals surface area contributed by atoms with E-state index in [9.17, 15) is 20.0 Å². The van der Waals surface area contributed by atoms with Crippen LogP contribution in [-0.2, 0) is 18.8 Å². The van der Waals surface area contributed by atoms with E-state index in [4.69, 9.17) is 9.16 Å². The molecular formula is C28H34N2O5Si. The van der Waals surface area contributed by atoms with Gasteiger partial charge in [0.1, 0.15) is 5.60 Å². The van der Waals surface area contributed by atoms with Crippen LogP contribution < -0.4 is 4.90 Å². The first kappa shape index (κ1) is 25.1. The third kappa shape index (κ3) is 3.33. The van der Waals surface area contributed by atoms with E-state index in [2.05, 4.69) is 39.9 Å². The zero-order chi connectivity index (χ0) is 26.3. The SMILES string of the molecule is CC12OC(CCO[Si](C)(C)C(C)(C)C)(C[C@@H]1O)[C@H]1C(=O)N(c3ccc(C#N)c4ccccc34)C(=O)[C@H]12. The smallest absolute Gasteiger partial charge is 0.240 e. The number of imide groups is 1. The Kier molecular flexibility index (Phi) is 5.55. The monoisotopic (exact) mass is 506 g/mol. The molecule has 3 fully saturated rings. The predicted octanol–water partition coefficient (Wildman–Crippen LogP) is 4.52.